The van der Waals surface area contributed by atoms with Crippen molar-refractivity contribution in [3.8, 4) is 11.3 Å². The molecule has 1 aromatic heterocycles. The van der Waals surface area contributed by atoms with E-state index in [9.17, 15) is 4.79 Å². The molecule has 30 heavy (non-hydrogen) atoms. The lowest BCUT2D eigenvalue weighted by molar-refractivity contribution is 0.0354. The van der Waals surface area contributed by atoms with Gasteiger partial charge < -0.3 is 9.64 Å². The van der Waals surface area contributed by atoms with E-state index < -0.39 is 0 Å². The Balaban J connectivity index is 1.45. The number of carbonyl (C=O) groups is 1. The van der Waals surface area contributed by atoms with E-state index in [0.717, 1.165) is 61.7 Å². The fourth-order valence-corrected chi connectivity index (χ4v) is 4.51. The third kappa shape index (κ3) is 3.53. The molecule has 0 saturated carbocycles. The molecule has 1 atom stereocenters. The van der Waals surface area contributed by atoms with E-state index in [4.69, 9.17) is 4.74 Å². The van der Waals surface area contributed by atoms with Crippen molar-refractivity contribution in [1.82, 2.24) is 20.0 Å². The summed E-state index contributed by atoms with van der Waals surface area (Å²) in [5.41, 5.74) is 4.62. The Morgan fingerprint density at radius 2 is 1.67 bits per heavy atom. The summed E-state index contributed by atoms with van der Waals surface area (Å²) in [5, 5.41) is 7.56. The molecule has 0 spiro atoms. The maximum atomic E-state index is 13.3. The number of fused-ring (bicyclic) bond motifs is 1. The van der Waals surface area contributed by atoms with Crippen LogP contribution in [0.5, 0.6) is 0 Å². The number of amides is 1. The topological polar surface area (TPSA) is 61.5 Å². The van der Waals surface area contributed by atoms with Gasteiger partial charge in [0, 0.05) is 37.3 Å². The minimum absolute atomic E-state index is 0.0375. The van der Waals surface area contributed by atoms with E-state index in [1.807, 2.05) is 53.4 Å². The Hall–Kier alpha value is -2.96. The van der Waals surface area contributed by atoms with E-state index in [1.54, 1.807) is 0 Å². The van der Waals surface area contributed by atoms with E-state index in [1.165, 1.54) is 0 Å². The third-order valence-electron chi connectivity index (χ3n) is 6.00. The SMILES string of the molecule is O=C1c2[nH]nc(-c3ccccc3)c2C(c2ccccc2)N1CCCN1CCOCC1. The molecule has 1 unspecified atom stereocenters. The first-order chi connectivity index (χ1) is 14.8. The normalized spacial score (nSPS) is 19.3. The molecular formula is C24H26N4O2. The smallest absolute Gasteiger partial charge is 0.273 e. The number of benzene rings is 2. The van der Waals surface area contributed by atoms with Crippen LogP contribution in [-0.4, -0.2) is 65.3 Å². The molecule has 3 heterocycles. The molecular weight excluding hydrogens is 376 g/mol. The maximum absolute atomic E-state index is 13.3. The van der Waals surface area contributed by atoms with Crippen LogP contribution in [0.25, 0.3) is 11.3 Å². The molecule has 154 valence electrons. The number of hydrogen-bond donors (Lipinski definition) is 1. The monoisotopic (exact) mass is 402 g/mol. The average Bonchev–Trinajstić information content (AvgIpc) is 3.35. The summed E-state index contributed by atoms with van der Waals surface area (Å²) in [5.74, 6) is 0.0375. The van der Waals surface area contributed by atoms with Crippen LogP contribution in [-0.2, 0) is 4.74 Å². The molecule has 0 aliphatic carbocycles. The molecule has 1 fully saturated rings. The van der Waals surface area contributed by atoms with Crippen molar-refractivity contribution in [3.05, 3.63) is 77.5 Å². The van der Waals surface area contributed by atoms with E-state index in [-0.39, 0.29) is 11.9 Å². The predicted octanol–water partition coefficient (Wildman–Crippen LogP) is 3.34. The molecule has 2 aliphatic rings. The van der Waals surface area contributed by atoms with Gasteiger partial charge >= 0.3 is 0 Å². The van der Waals surface area contributed by atoms with Gasteiger partial charge in [-0.05, 0) is 12.0 Å². The Bertz CT molecular complexity index is 997. The van der Waals surface area contributed by atoms with Crippen LogP contribution < -0.4 is 0 Å². The number of rotatable bonds is 6. The fraction of sp³-hybridized carbons (Fsp3) is 0.333. The zero-order valence-electron chi connectivity index (χ0n) is 17.0. The largest absolute Gasteiger partial charge is 0.379 e. The molecule has 0 bridgehead atoms. The first-order valence-electron chi connectivity index (χ1n) is 10.6. The van der Waals surface area contributed by atoms with Gasteiger partial charge in [0.2, 0.25) is 0 Å². The lowest BCUT2D eigenvalue weighted by Gasteiger charge is -2.29. The van der Waals surface area contributed by atoms with E-state index in [0.29, 0.717) is 12.2 Å². The van der Waals surface area contributed by atoms with Gasteiger partial charge in [0.05, 0.1) is 24.9 Å². The maximum Gasteiger partial charge on any atom is 0.273 e. The molecule has 2 aliphatic heterocycles. The van der Waals surface area contributed by atoms with Crippen LogP contribution in [0.1, 0.15) is 34.1 Å². The Labute approximate surface area is 176 Å². The highest BCUT2D eigenvalue weighted by molar-refractivity contribution is 6.00. The van der Waals surface area contributed by atoms with E-state index in [2.05, 4.69) is 27.2 Å². The number of nitrogens with one attached hydrogen (secondary N) is 1. The minimum Gasteiger partial charge on any atom is -0.379 e. The Kier molecular flexibility index (Phi) is 5.34. The predicted molar refractivity (Wildman–Crippen MR) is 115 cm³/mol. The van der Waals surface area contributed by atoms with Gasteiger partial charge in [-0.1, -0.05) is 60.7 Å². The van der Waals surface area contributed by atoms with Crippen molar-refractivity contribution < 1.29 is 9.53 Å². The van der Waals surface area contributed by atoms with Crippen LogP contribution in [0.4, 0.5) is 0 Å². The third-order valence-corrected chi connectivity index (χ3v) is 6.00. The fourth-order valence-electron chi connectivity index (χ4n) is 4.51. The number of aromatic nitrogens is 2. The van der Waals surface area contributed by atoms with Gasteiger partial charge in [-0.15, -0.1) is 0 Å². The summed E-state index contributed by atoms with van der Waals surface area (Å²) in [6, 6.07) is 20.3. The second kappa shape index (κ2) is 8.42. The molecule has 1 N–H and O–H groups in total. The van der Waals surface area contributed by atoms with Gasteiger partial charge in [0.15, 0.2) is 0 Å². The van der Waals surface area contributed by atoms with Gasteiger partial charge in [0.1, 0.15) is 5.69 Å². The summed E-state index contributed by atoms with van der Waals surface area (Å²) in [6.45, 7) is 5.23. The van der Waals surface area contributed by atoms with Crippen molar-refractivity contribution in [2.75, 3.05) is 39.4 Å². The lowest BCUT2D eigenvalue weighted by atomic mass is 9.96. The first-order valence-corrected chi connectivity index (χ1v) is 10.6. The number of ether oxygens (including phenoxy) is 1. The Morgan fingerprint density at radius 3 is 2.40 bits per heavy atom. The number of nitrogens with zero attached hydrogens (tertiary/aromatic N) is 3. The molecule has 1 amide bonds. The van der Waals surface area contributed by atoms with E-state index >= 15 is 0 Å². The zero-order valence-corrected chi connectivity index (χ0v) is 17.0. The number of hydrogen-bond acceptors (Lipinski definition) is 4. The van der Waals surface area contributed by atoms with Crippen molar-refractivity contribution in [2.24, 2.45) is 0 Å². The molecule has 1 saturated heterocycles. The van der Waals surface area contributed by atoms with Crippen molar-refractivity contribution >= 4 is 5.91 Å². The first kappa shape index (κ1) is 19.0. The van der Waals surface area contributed by atoms with Crippen molar-refractivity contribution in [1.29, 1.82) is 0 Å². The summed E-state index contributed by atoms with van der Waals surface area (Å²) >= 11 is 0. The average molecular weight is 402 g/mol. The molecule has 2 aromatic carbocycles. The van der Waals surface area contributed by atoms with Crippen LogP contribution in [0.3, 0.4) is 0 Å². The summed E-state index contributed by atoms with van der Waals surface area (Å²) in [7, 11) is 0. The Morgan fingerprint density at radius 1 is 0.967 bits per heavy atom. The van der Waals surface area contributed by atoms with Crippen LogP contribution in [0, 0.1) is 0 Å². The van der Waals surface area contributed by atoms with Crippen LogP contribution in [0.2, 0.25) is 0 Å². The molecule has 3 aromatic rings. The lowest BCUT2D eigenvalue weighted by Crippen LogP contribution is -2.38. The molecule has 5 rings (SSSR count). The second-order valence-electron chi connectivity index (χ2n) is 7.85. The molecule has 0 radical (unpaired) electrons. The number of carbonyl (C=O) groups excluding carboxylic acids is 1. The van der Waals surface area contributed by atoms with Gasteiger partial charge in [-0.25, -0.2) is 0 Å². The highest BCUT2D eigenvalue weighted by Gasteiger charge is 2.41. The standard InChI is InChI=1S/C24H26N4O2/c29-24-22-20(21(25-26-22)18-8-3-1-4-9-18)23(19-10-5-2-6-11-19)28(24)13-7-12-27-14-16-30-17-15-27/h1-6,8-11,23H,7,12-17H2,(H,25,26). The number of morpholine rings is 1. The van der Waals surface area contributed by atoms with Gasteiger partial charge in [-0.2, -0.15) is 5.10 Å². The summed E-state index contributed by atoms with van der Waals surface area (Å²) in [6.07, 6.45) is 0.938. The van der Waals surface area contributed by atoms with Gasteiger partial charge in [0.25, 0.3) is 5.91 Å². The van der Waals surface area contributed by atoms with Gasteiger partial charge in [-0.3, -0.25) is 14.8 Å². The molecule has 6 heteroatoms. The zero-order chi connectivity index (χ0) is 20.3. The number of aromatic amines is 1. The highest BCUT2D eigenvalue weighted by atomic mass is 16.5. The number of H-pyrrole nitrogens is 1. The minimum atomic E-state index is -0.118. The van der Waals surface area contributed by atoms with Crippen LogP contribution in [0.15, 0.2) is 60.7 Å². The van der Waals surface area contributed by atoms with Crippen LogP contribution >= 0.6 is 0 Å². The highest BCUT2D eigenvalue weighted by Crippen LogP contribution is 2.42. The molecule has 6 nitrogen and oxygen atoms in total. The summed E-state index contributed by atoms with van der Waals surface area (Å²) < 4.78 is 5.44. The summed E-state index contributed by atoms with van der Waals surface area (Å²) in [4.78, 5) is 17.7. The van der Waals surface area contributed by atoms with Crippen molar-refractivity contribution in [2.45, 2.75) is 12.5 Å². The van der Waals surface area contributed by atoms with Crippen molar-refractivity contribution in [3.63, 3.8) is 0 Å². The second-order valence-corrected chi connectivity index (χ2v) is 7.85. The quantitative estimate of drug-likeness (QED) is 0.687.